The quantitative estimate of drug-likeness (QED) is 0.850. The Balaban J connectivity index is 2.10. The van der Waals surface area contributed by atoms with Crippen LogP contribution in [0.15, 0.2) is 29.2 Å². The molecule has 4 rings (SSSR count). The molecule has 0 saturated heterocycles. The van der Waals surface area contributed by atoms with Gasteiger partial charge < -0.3 is 4.40 Å². The summed E-state index contributed by atoms with van der Waals surface area (Å²) < 4.78 is 2.14. The summed E-state index contributed by atoms with van der Waals surface area (Å²) in [4.78, 5) is 16.9. The van der Waals surface area contributed by atoms with Crippen LogP contribution in [0.4, 0.5) is 0 Å². The number of hydrogen-bond donors (Lipinski definition) is 0. The summed E-state index contributed by atoms with van der Waals surface area (Å²) in [5.41, 5.74) is 2.91. The lowest BCUT2D eigenvalue weighted by Crippen LogP contribution is -2.31. The van der Waals surface area contributed by atoms with E-state index in [9.17, 15) is 4.79 Å². The minimum atomic E-state index is -0.0260. The highest BCUT2D eigenvalue weighted by Gasteiger charge is 2.40. The molecule has 0 amide bonds. The van der Waals surface area contributed by atoms with Crippen molar-refractivity contribution >= 4 is 18.3 Å². The molecule has 2 aromatic heterocycles. The van der Waals surface area contributed by atoms with E-state index < -0.39 is 0 Å². The van der Waals surface area contributed by atoms with Gasteiger partial charge in [0.25, 0.3) is 5.56 Å². The summed E-state index contributed by atoms with van der Waals surface area (Å²) in [5.74, 6) is 0.960. The molecule has 0 spiro atoms. The highest BCUT2D eigenvalue weighted by molar-refractivity contribution is 5.54. The summed E-state index contributed by atoms with van der Waals surface area (Å²) in [6, 6.07) is 2.02. The normalized spacial score (nSPS) is 23.8. The molecule has 22 heavy (non-hydrogen) atoms. The Bertz CT molecular complexity index is 952. The molecule has 112 valence electrons. The van der Waals surface area contributed by atoms with Crippen molar-refractivity contribution in [3.63, 3.8) is 0 Å². The van der Waals surface area contributed by atoms with Crippen LogP contribution >= 0.6 is 0 Å². The van der Waals surface area contributed by atoms with Gasteiger partial charge in [-0.05, 0) is 42.9 Å². The van der Waals surface area contributed by atoms with Gasteiger partial charge in [-0.1, -0.05) is 31.7 Å². The fraction of sp³-hybridized carbons (Fsp3) is 0.368. The number of allylic oxidation sites excluding steroid dienone is 2. The topological polar surface area (TPSA) is 34.4 Å². The summed E-state index contributed by atoms with van der Waals surface area (Å²) in [6.45, 7) is 6.20. The first-order valence-corrected chi connectivity index (χ1v) is 8.11. The van der Waals surface area contributed by atoms with Gasteiger partial charge in [0.15, 0.2) is 0 Å². The Hall–Kier alpha value is -2.16. The SMILES string of the molecule is C=c1ccn2c3c(c(=O)nc2/c1=C/C=C\CC)C1CCC3C1. The largest absolute Gasteiger partial charge is 0.304 e. The molecule has 2 bridgehead atoms. The van der Waals surface area contributed by atoms with E-state index in [1.54, 1.807) is 0 Å². The molecule has 0 radical (unpaired) electrons. The van der Waals surface area contributed by atoms with E-state index >= 15 is 0 Å². The molecule has 2 aliphatic rings. The molecule has 0 aliphatic heterocycles. The molecule has 3 nitrogen and oxygen atoms in total. The van der Waals surface area contributed by atoms with Gasteiger partial charge in [-0.25, -0.2) is 0 Å². The van der Waals surface area contributed by atoms with Crippen molar-refractivity contribution in [1.29, 1.82) is 0 Å². The zero-order valence-electron chi connectivity index (χ0n) is 12.9. The Morgan fingerprint density at radius 1 is 1.41 bits per heavy atom. The first-order chi connectivity index (χ1) is 10.7. The average Bonchev–Trinajstić information content (AvgIpc) is 3.11. The first kappa shape index (κ1) is 13.5. The van der Waals surface area contributed by atoms with E-state index in [1.165, 1.54) is 12.1 Å². The van der Waals surface area contributed by atoms with Gasteiger partial charge >= 0.3 is 0 Å². The van der Waals surface area contributed by atoms with Crippen molar-refractivity contribution in [2.75, 3.05) is 0 Å². The van der Waals surface area contributed by atoms with E-state index in [0.29, 0.717) is 11.8 Å². The first-order valence-electron chi connectivity index (χ1n) is 8.11. The second-order valence-electron chi connectivity index (χ2n) is 6.37. The molecular weight excluding hydrogens is 272 g/mol. The Morgan fingerprint density at radius 3 is 3.05 bits per heavy atom. The smallest absolute Gasteiger partial charge is 0.276 e. The van der Waals surface area contributed by atoms with Gasteiger partial charge in [0.05, 0.1) is 0 Å². The van der Waals surface area contributed by atoms with Crippen molar-refractivity contribution in [2.45, 2.75) is 44.4 Å². The number of nitrogens with zero attached hydrogens (tertiary/aromatic N) is 2. The lowest BCUT2D eigenvalue weighted by molar-refractivity contribution is 0.675. The lowest BCUT2D eigenvalue weighted by atomic mass is 9.97. The number of rotatable bonds is 2. The summed E-state index contributed by atoms with van der Waals surface area (Å²) in [7, 11) is 0. The fourth-order valence-corrected chi connectivity index (χ4v) is 4.08. The highest BCUT2D eigenvalue weighted by atomic mass is 16.1. The third kappa shape index (κ3) is 1.81. The Kier molecular flexibility index (Phi) is 3.03. The van der Waals surface area contributed by atoms with E-state index in [4.69, 9.17) is 0 Å². The van der Waals surface area contributed by atoms with Gasteiger partial charge in [0, 0.05) is 28.6 Å². The highest BCUT2D eigenvalue weighted by Crippen LogP contribution is 2.51. The maximum Gasteiger partial charge on any atom is 0.276 e. The standard InChI is InChI=1S/C19H20N2O/c1-3-4-5-6-15-12(2)9-10-21-17-14-8-7-13(11-14)16(17)19(22)20-18(15)21/h4-6,9-10,13-14H,2-3,7-8,11H2,1H3/b5-4-,15-6+. The fourth-order valence-electron chi connectivity index (χ4n) is 4.08. The number of fused-ring (bicyclic) bond motifs is 7. The molecule has 0 N–H and O–H groups in total. The van der Waals surface area contributed by atoms with Crippen LogP contribution < -0.4 is 16.0 Å². The predicted octanol–water partition coefficient (Wildman–Crippen LogP) is 2.22. The zero-order valence-corrected chi connectivity index (χ0v) is 12.9. The van der Waals surface area contributed by atoms with Crippen LogP contribution in [0.2, 0.25) is 0 Å². The number of pyridine rings is 1. The van der Waals surface area contributed by atoms with Crippen molar-refractivity contribution < 1.29 is 0 Å². The zero-order chi connectivity index (χ0) is 15.3. The maximum absolute atomic E-state index is 12.5. The molecule has 0 aromatic carbocycles. The summed E-state index contributed by atoms with van der Waals surface area (Å²) >= 11 is 0. The van der Waals surface area contributed by atoms with Gasteiger partial charge in [-0.3, -0.25) is 4.79 Å². The summed E-state index contributed by atoms with van der Waals surface area (Å²) in [5, 5.41) is 1.87. The van der Waals surface area contributed by atoms with E-state index in [0.717, 1.165) is 40.9 Å². The minimum Gasteiger partial charge on any atom is -0.304 e. The van der Waals surface area contributed by atoms with Gasteiger partial charge in [0.2, 0.25) is 0 Å². The van der Waals surface area contributed by atoms with Gasteiger partial charge in [-0.15, -0.1) is 0 Å². The number of hydrogen-bond acceptors (Lipinski definition) is 2. The molecule has 1 saturated carbocycles. The molecule has 2 aromatic rings. The molecule has 2 atom stereocenters. The van der Waals surface area contributed by atoms with Crippen molar-refractivity contribution in [2.24, 2.45) is 0 Å². The molecule has 2 heterocycles. The van der Waals surface area contributed by atoms with Crippen LogP contribution in [0.25, 0.3) is 18.3 Å². The molecule has 3 heteroatoms. The summed E-state index contributed by atoms with van der Waals surface area (Å²) in [6.07, 6.45) is 12.6. The van der Waals surface area contributed by atoms with Crippen molar-refractivity contribution in [1.82, 2.24) is 9.38 Å². The second-order valence-corrected chi connectivity index (χ2v) is 6.37. The maximum atomic E-state index is 12.5. The minimum absolute atomic E-state index is 0.0260. The third-order valence-corrected chi connectivity index (χ3v) is 5.08. The van der Waals surface area contributed by atoms with Crippen LogP contribution in [0.3, 0.4) is 0 Å². The molecule has 2 aliphatic carbocycles. The molecule has 1 fully saturated rings. The average molecular weight is 292 g/mol. The van der Waals surface area contributed by atoms with Crippen LogP contribution in [0.1, 0.15) is 55.7 Å². The lowest BCUT2D eigenvalue weighted by Gasteiger charge is -2.17. The van der Waals surface area contributed by atoms with Crippen LogP contribution in [0.5, 0.6) is 0 Å². The number of aromatic nitrogens is 2. The van der Waals surface area contributed by atoms with E-state index in [2.05, 4.69) is 29.0 Å². The third-order valence-electron chi connectivity index (χ3n) is 5.08. The predicted molar refractivity (Wildman–Crippen MR) is 89.5 cm³/mol. The molecular formula is C19H20N2O. The van der Waals surface area contributed by atoms with Gasteiger partial charge in [-0.2, -0.15) is 4.98 Å². The van der Waals surface area contributed by atoms with Crippen molar-refractivity contribution in [3.8, 4) is 0 Å². The van der Waals surface area contributed by atoms with Crippen molar-refractivity contribution in [3.05, 3.63) is 56.5 Å². The van der Waals surface area contributed by atoms with E-state index in [1.807, 2.05) is 24.4 Å². The van der Waals surface area contributed by atoms with E-state index in [-0.39, 0.29) is 5.56 Å². The monoisotopic (exact) mass is 292 g/mol. The Morgan fingerprint density at radius 2 is 2.23 bits per heavy atom. The Labute approximate surface area is 129 Å². The van der Waals surface area contributed by atoms with Crippen LogP contribution in [0, 0.1) is 0 Å². The second kappa shape index (κ2) is 4.94. The molecule has 2 unspecified atom stereocenters. The van der Waals surface area contributed by atoms with Crippen LogP contribution in [-0.4, -0.2) is 9.38 Å². The van der Waals surface area contributed by atoms with Gasteiger partial charge in [0.1, 0.15) is 5.65 Å². The van der Waals surface area contributed by atoms with Crippen LogP contribution in [-0.2, 0) is 0 Å².